The smallest absolute Gasteiger partial charge is 0.240 e. The number of ether oxygens (including phenoxy) is 1. The summed E-state index contributed by atoms with van der Waals surface area (Å²) < 4.78 is 30.6. The van der Waals surface area contributed by atoms with E-state index in [1.165, 1.54) is 7.11 Å². The van der Waals surface area contributed by atoms with Crippen LogP contribution in [0.4, 0.5) is 5.69 Å². The van der Waals surface area contributed by atoms with Gasteiger partial charge in [-0.3, -0.25) is 9.10 Å². The van der Waals surface area contributed by atoms with E-state index in [1.807, 2.05) is 0 Å². The second-order valence-electron chi connectivity index (χ2n) is 6.16. The maximum Gasteiger partial charge on any atom is 0.240 e. The molecule has 0 bridgehead atoms. The molecule has 0 heterocycles. The number of sulfonamides is 1. The van der Waals surface area contributed by atoms with Crippen molar-refractivity contribution in [2.24, 2.45) is 5.92 Å². The molecule has 0 radical (unpaired) electrons. The van der Waals surface area contributed by atoms with E-state index in [4.69, 9.17) is 4.74 Å². The molecule has 1 aromatic carbocycles. The van der Waals surface area contributed by atoms with Gasteiger partial charge < -0.3 is 10.1 Å². The van der Waals surface area contributed by atoms with Crippen molar-refractivity contribution < 1.29 is 17.9 Å². The lowest BCUT2D eigenvalue weighted by molar-refractivity contribution is -0.119. The van der Waals surface area contributed by atoms with E-state index in [2.05, 4.69) is 19.2 Å². The van der Waals surface area contributed by atoms with Gasteiger partial charge in [0.05, 0.1) is 19.1 Å². The van der Waals surface area contributed by atoms with E-state index in [0.29, 0.717) is 23.9 Å². The van der Waals surface area contributed by atoms with E-state index in [1.54, 1.807) is 24.3 Å². The zero-order valence-electron chi connectivity index (χ0n) is 15.6. The Morgan fingerprint density at radius 1 is 1.28 bits per heavy atom. The van der Waals surface area contributed by atoms with Crippen LogP contribution in [0.25, 0.3) is 0 Å². The summed E-state index contributed by atoms with van der Waals surface area (Å²) >= 11 is 0. The van der Waals surface area contributed by atoms with Crippen LogP contribution >= 0.6 is 0 Å². The molecule has 1 N–H and O–H groups in total. The van der Waals surface area contributed by atoms with Gasteiger partial charge in [0.25, 0.3) is 0 Å². The Kier molecular flexibility index (Phi) is 8.75. The molecule has 1 atom stereocenters. The quantitative estimate of drug-likeness (QED) is 0.650. The lowest BCUT2D eigenvalue weighted by Gasteiger charge is -2.24. The van der Waals surface area contributed by atoms with Gasteiger partial charge in [-0.25, -0.2) is 8.42 Å². The Morgan fingerprint density at radius 3 is 2.52 bits per heavy atom. The Morgan fingerprint density at radius 2 is 1.96 bits per heavy atom. The molecule has 25 heavy (non-hydrogen) atoms. The first-order valence-corrected chi connectivity index (χ1v) is 10.6. The standard InChI is InChI=1S/C18H30N2O4S/c1-5-7-10-15(6-2)13-19-18(21)14-20(25(4,22)23)16-11-8-9-12-17(16)24-3/h8-9,11-12,15H,5-7,10,13-14H2,1-4H3,(H,19,21)/t15-/m1/s1. The number of nitrogens with zero attached hydrogens (tertiary/aromatic N) is 1. The minimum absolute atomic E-state index is 0.260. The average Bonchev–Trinajstić information content (AvgIpc) is 2.59. The number of hydrogen-bond acceptors (Lipinski definition) is 4. The van der Waals surface area contributed by atoms with Gasteiger partial charge in [0.15, 0.2) is 0 Å². The molecule has 0 aliphatic heterocycles. The molecule has 142 valence electrons. The first kappa shape index (κ1) is 21.3. The molecule has 0 aliphatic carbocycles. The Bertz CT molecular complexity index is 646. The van der Waals surface area contributed by atoms with E-state index in [0.717, 1.165) is 36.2 Å². The maximum absolute atomic E-state index is 12.3. The predicted octanol–water partition coefficient (Wildman–Crippen LogP) is 2.79. The van der Waals surface area contributed by atoms with Crippen LogP contribution in [0.1, 0.15) is 39.5 Å². The van der Waals surface area contributed by atoms with Crippen LogP contribution in [0.2, 0.25) is 0 Å². The van der Waals surface area contributed by atoms with Crippen LogP contribution in [0.15, 0.2) is 24.3 Å². The SMILES string of the molecule is CCCC[C@@H](CC)CNC(=O)CN(c1ccccc1OC)S(C)(=O)=O. The predicted molar refractivity (Wildman–Crippen MR) is 101 cm³/mol. The van der Waals surface area contributed by atoms with Gasteiger partial charge >= 0.3 is 0 Å². The monoisotopic (exact) mass is 370 g/mol. The third-order valence-corrected chi connectivity index (χ3v) is 5.30. The van der Waals surface area contributed by atoms with Crippen molar-refractivity contribution in [3.63, 3.8) is 0 Å². The zero-order valence-corrected chi connectivity index (χ0v) is 16.4. The van der Waals surface area contributed by atoms with E-state index in [9.17, 15) is 13.2 Å². The van der Waals surface area contributed by atoms with Gasteiger partial charge in [0, 0.05) is 6.54 Å². The zero-order chi connectivity index (χ0) is 18.9. The highest BCUT2D eigenvalue weighted by atomic mass is 32.2. The Hall–Kier alpha value is -1.76. The molecule has 0 saturated heterocycles. The van der Waals surface area contributed by atoms with Gasteiger partial charge in [0.2, 0.25) is 15.9 Å². The number of unbranched alkanes of at least 4 members (excludes halogenated alkanes) is 1. The Labute approximate surface area is 151 Å². The van der Waals surface area contributed by atoms with E-state index in [-0.39, 0.29) is 12.5 Å². The number of rotatable bonds is 11. The Balaban J connectivity index is 2.81. The summed E-state index contributed by atoms with van der Waals surface area (Å²) in [6, 6.07) is 6.76. The van der Waals surface area contributed by atoms with Gasteiger partial charge in [-0.05, 0) is 24.5 Å². The second-order valence-corrected chi connectivity index (χ2v) is 8.07. The molecule has 0 spiro atoms. The van der Waals surface area contributed by atoms with Crippen LogP contribution < -0.4 is 14.4 Å². The third-order valence-electron chi connectivity index (χ3n) is 4.17. The highest BCUT2D eigenvalue weighted by molar-refractivity contribution is 7.92. The number of carbonyl (C=O) groups excluding carboxylic acids is 1. The highest BCUT2D eigenvalue weighted by Crippen LogP contribution is 2.29. The number of carbonyl (C=O) groups is 1. The summed E-state index contributed by atoms with van der Waals surface area (Å²) in [5.74, 6) is 0.517. The minimum Gasteiger partial charge on any atom is -0.495 e. The summed E-state index contributed by atoms with van der Waals surface area (Å²) in [6.07, 6.45) is 5.39. The lowest BCUT2D eigenvalue weighted by atomic mass is 9.99. The van der Waals surface area contributed by atoms with Crippen LogP contribution in [0.3, 0.4) is 0 Å². The second kappa shape index (κ2) is 10.3. The molecular formula is C18H30N2O4S. The van der Waals surface area contributed by atoms with Gasteiger partial charge in [0.1, 0.15) is 12.3 Å². The number of anilines is 1. The van der Waals surface area contributed by atoms with Crippen molar-refractivity contribution in [3.05, 3.63) is 24.3 Å². The molecular weight excluding hydrogens is 340 g/mol. The van der Waals surface area contributed by atoms with Crippen LogP contribution in [-0.4, -0.2) is 40.8 Å². The molecule has 1 aromatic rings. The topological polar surface area (TPSA) is 75.7 Å². The van der Waals surface area contributed by atoms with Gasteiger partial charge in [-0.1, -0.05) is 45.2 Å². The molecule has 6 nitrogen and oxygen atoms in total. The van der Waals surface area contributed by atoms with Crippen molar-refractivity contribution in [1.82, 2.24) is 5.32 Å². The van der Waals surface area contributed by atoms with Crippen molar-refractivity contribution in [3.8, 4) is 5.75 Å². The average molecular weight is 371 g/mol. The first-order valence-electron chi connectivity index (χ1n) is 8.70. The number of methoxy groups -OCH3 is 1. The van der Waals surface area contributed by atoms with Gasteiger partial charge in [-0.2, -0.15) is 0 Å². The highest BCUT2D eigenvalue weighted by Gasteiger charge is 2.23. The fourth-order valence-electron chi connectivity index (χ4n) is 2.60. The normalized spacial score (nSPS) is 12.5. The van der Waals surface area contributed by atoms with Crippen LogP contribution in [0, 0.1) is 5.92 Å². The maximum atomic E-state index is 12.3. The fraction of sp³-hybridized carbons (Fsp3) is 0.611. The number of nitrogens with one attached hydrogen (secondary N) is 1. The van der Waals surface area contributed by atoms with Crippen molar-refractivity contribution in [2.45, 2.75) is 39.5 Å². The van der Waals surface area contributed by atoms with Crippen molar-refractivity contribution in [2.75, 3.05) is 30.8 Å². The van der Waals surface area contributed by atoms with Gasteiger partial charge in [-0.15, -0.1) is 0 Å². The first-order chi connectivity index (χ1) is 11.8. The number of hydrogen-bond donors (Lipinski definition) is 1. The summed E-state index contributed by atoms with van der Waals surface area (Å²) in [6.45, 7) is 4.55. The molecule has 0 aromatic heterocycles. The summed E-state index contributed by atoms with van der Waals surface area (Å²) in [7, 11) is -2.14. The minimum atomic E-state index is -3.61. The molecule has 0 saturated carbocycles. The van der Waals surface area contributed by atoms with Crippen molar-refractivity contribution >= 4 is 21.6 Å². The molecule has 1 rings (SSSR count). The van der Waals surface area contributed by atoms with E-state index < -0.39 is 10.0 Å². The molecule has 0 unspecified atom stereocenters. The molecule has 0 aliphatic rings. The summed E-state index contributed by atoms with van der Waals surface area (Å²) in [4.78, 5) is 12.3. The largest absolute Gasteiger partial charge is 0.495 e. The third kappa shape index (κ3) is 6.94. The number of para-hydroxylation sites is 2. The molecule has 1 amide bonds. The van der Waals surface area contributed by atoms with E-state index >= 15 is 0 Å². The van der Waals surface area contributed by atoms with Crippen molar-refractivity contribution in [1.29, 1.82) is 0 Å². The van der Waals surface area contributed by atoms with Crippen LogP contribution in [-0.2, 0) is 14.8 Å². The summed E-state index contributed by atoms with van der Waals surface area (Å²) in [5.41, 5.74) is 0.362. The summed E-state index contributed by atoms with van der Waals surface area (Å²) in [5, 5.41) is 2.87. The molecule has 0 fully saturated rings. The number of benzene rings is 1. The molecule has 7 heteroatoms. The fourth-order valence-corrected chi connectivity index (χ4v) is 3.46. The number of amides is 1. The van der Waals surface area contributed by atoms with Crippen LogP contribution in [0.5, 0.6) is 5.75 Å². The lowest BCUT2D eigenvalue weighted by Crippen LogP contribution is -2.41.